The van der Waals surface area contributed by atoms with Crippen LogP contribution in [0.2, 0.25) is 0 Å². The van der Waals surface area contributed by atoms with Crippen molar-refractivity contribution in [1.29, 1.82) is 0 Å². The summed E-state index contributed by atoms with van der Waals surface area (Å²) in [6.45, 7) is 3.94. The molecular formula is C22H22O. The number of hydrogen-bond donors (Lipinski definition) is 0. The summed E-state index contributed by atoms with van der Waals surface area (Å²) in [7, 11) is 1.66. The van der Waals surface area contributed by atoms with E-state index in [4.69, 9.17) is 11.2 Å². The van der Waals surface area contributed by atoms with Gasteiger partial charge in [-0.25, -0.2) is 0 Å². The molecule has 1 heteroatoms. The molecule has 2 aromatic carbocycles. The molecule has 0 spiro atoms. The third kappa shape index (κ3) is 3.97. The minimum Gasteiger partial charge on any atom is -0.497 e. The van der Waals surface area contributed by atoms with Gasteiger partial charge in [0.25, 0.3) is 0 Å². The van der Waals surface area contributed by atoms with Gasteiger partial charge in [0.05, 0.1) is 12.5 Å². The molecule has 116 valence electrons. The summed E-state index contributed by atoms with van der Waals surface area (Å²) in [5, 5.41) is 0. The number of aryl methyl sites for hydroxylation is 1. The molecule has 0 aliphatic carbocycles. The molecule has 0 amide bonds. The SMILES string of the molecule is C#CC(CC#CC)(Cc1ccc(C)cc1)c1ccc(OC)cc1. The third-order valence-electron chi connectivity index (χ3n) is 4.11. The van der Waals surface area contributed by atoms with Crippen molar-refractivity contribution in [2.75, 3.05) is 7.11 Å². The number of benzene rings is 2. The van der Waals surface area contributed by atoms with E-state index >= 15 is 0 Å². The Labute approximate surface area is 139 Å². The molecule has 1 atom stereocenters. The van der Waals surface area contributed by atoms with E-state index in [1.165, 1.54) is 11.1 Å². The zero-order valence-corrected chi connectivity index (χ0v) is 14.0. The van der Waals surface area contributed by atoms with Gasteiger partial charge in [0.15, 0.2) is 0 Å². The van der Waals surface area contributed by atoms with Gasteiger partial charge in [-0.15, -0.1) is 18.3 Å². The molecule has 23 heavy (non-hydrogen) atoms. The first kappa shape index (κ1) is 16.7. The average molecular weight is 302 g/mol. The fourth-order valence-corrected chi connectivity index (χ4v) is 2.66. The molecule has 0 bridgehead atoms. The van der Waals surface area contributed by atoms with Gasteiger partial charge in [0, 0.05) is 6.42 Å². The molecule has 0 saturated heterocycles. The summed E-state index contributed by atoms with van der Waals surface area (Å²) >= 11 is 0. The smallest absolute Gasteiger partial charge is 0.118 e. The molecule has 0 N–H and O–H groups in total. The van der Waals surface area contributed by atoms with Crippen LogP contribution in [0.3, 0.4) is 0 Å². The number of rotatable bonds is 5. The van der Waals surface area contributed by atoms with Crippen molar-refractivity contribution in [2.24, 2.45) is 0 Å². The van der Waals surface area contributed by atoms with Crippen molar-refractivity contribution in [3.63, 3.8) is 0 Å². The van der Waals surface area contributed by atoms with Crippen LogP contribution in [0.5, 0.6) is 5.75 Å². The Morgan fingerprint density at radius 1 is 1.04 bits per heavy atom. The molecule has 0 radical (unpaired) electrons. The molecule has 0 aliphatic rings. The van der Waals surface area contributed by atoms with E-state index in [0.29, 0.717) is 6.42 Å². The number of hydrogen-bond acceptors (Lipinski definition) is 1. The topological polar surface area (TPSA) is 9.23 Å². The lowest BCUT2D eigenvalue weighted by atomic mass is 9.74. The van der Waals surface area contributed by atoms with Crippen LogP contribution in [0.15, 0.2) is 48.5 Å². The van der Waals surface area contributed by atoms with Crippen LogP contribution in [-0.2, 0) is 11.8 Å². The lowest BCUT2D eigenvalue weighted by Crippen LogP contribution is -2.26. The molecule has 0 saturated carbocycles. The molecular weight excluding hydrogens is 280 g/mol. The van der Waals surface area contributed by atoms with Crippen LogP contribution in [0.25, 0.3) is 0 Å². The Bertz CT molecular complexity index is 736. The molecule has 0 aromatic heterocycles. The van der Waals surface area contributed by atoms with Crippen LogP contribution < -0.4 is 4.74 Å². The van der Waals surface area contributed by atoms with Gasteiger partial charge >= 0.3 is 0 Å². The summed E-state index contributed by atoms with van der Waals surface area (Å²) < 4.78 is 5.25. The highest BCUT2D eigenvalue weighted by atomic mass is 16.5. The fourth-order valence-electron chi connectivity index (χ4n) is 2.66. The van der Waals surface area contributed by atoms with Crippen LogP contribution >= 0.6 is 0 Å². The summed E-state index contributed by atoms with van der Waals surface area (Å²) in [5.41, 5.74) is 3.15. The summed E-state index contributed by atoms with van der Waals surface area (Å²) in [5.74, 6) is 10.0. The van der Waals surface area contributed by atoms with Gasteiger partial charge in [-0.3, -0.25) is 0 Å². The first-order chi connectivity index (χ1) is 11.1. The standard InChI is InChI=1S/C22H22O/c1-5-7-16-22(6-2,17-19-10-8-18(3)9-11-19)20-12-14-21(23-4)15-13-20/h2,8-15H,16-17H2,1,3-4H3. The average Bonchev–Trinajstić information content (AvgIpc) is 2.60. The normalized spacial score (nSPS) is 12.4. The quantitative estimate of drug-likeness (QED) is 0.737. The molecule has 0 fully saturated rings. The van der Waals surface area contributed by atoms with Gasteiger partial charge in [-0.2, -0.15) is 0 Å². The number of methoxy groups -OCH3 is 1. The summed E-state index contributed by atoms with van der Waals surface area (Å²) in [6.07, 6.45) is 7.39. The van der Waals surface area contributed by atoms with Gasteiger partial charge in [0.1, 0.15) is 5.75 Å². The van der Waals surface area contributed by atoms with E-state index in [2.05, 4.69) is 49.0 Å². The van der Waals surface area contributed by atoms with Gasteiger partial charge < -0.3 is 4.74 Å². The van der Waals surface area contributed by atoms with Gasteiger partial charge in [-0.1, -0.05) is 47.9 Å². The molecule has 1 nitrogen and oxygen atoms in total. The predicted octanol–water partition coefficient (Wildman–Crippen LogP) is 4.53. The first-order valence-electron chi connectivity index (χ1n) is 7.71. The van der Waals surface area contributed by atoms with Crippen LogP contribution in [0.1, 0.15) is 30.0 Å². The Hall–Kier alpha value is -2.64. The zero-order valence-electron chi connectivity index (χ0n) is 14.0. The maximum Gasteiger partial charge on any atom is 0.118 e. The lowest BCUT2D eigenvalue weighted by Gasteiger charge is -2.27. The largest absolute Gasteiger partial charge is 0.497 e. The van der Waals surface area contributed by atoms with Crippen molar-refractivity contribution in [3.8, 4) is 29.9 Å². The molecule has 2 rings (SSSR count). The second-order valence-electron chi connectivity index (χ2n) is 5.72. The molecule has 2 aromatic rings. The first-order valence-corrected chi connectivity index (χ1v) is 7.71. The third-order valence-corrected chi connectivity index (χ3v) is 4.11. The van der Waals surface area contributed by atoms with Crippen molar-refractivity contribution >= 4 is 0 Å². The highest BCUT2D eigenvalue weighted by molar-refractivity contribution is 5.42. The summed E-state index contributed by atoms with van der Waals surface area (Å²) in [6, 6.07) is 16.5. The highest BCUT2D eigenvalue weighted by Crippen LogP contribution is 2.32. The predicted molar refractivity (Wildman–Crippen MR) is 96.5 cm³/mol. The maximum atomic E-state index is 5.98. The number of ether oxygens (including phenoxy) is 1. The Morgan fingerprint density at radius 2 is 1.70 bits per heavy atom. The highest BCUT2D eigenvalue weighted by Gasteiger charge is 2.29. The van der Waals surface area contributed by atoms with E-state index < -0.39 is 5.41 Å². The van der Waals surface area contributed by atoms with Crippen molar-refractivity contribution < 1.29 is 4.74 Å². The Kier molecular flexibility index (Phi) is 5.51. The van der Waals surface area contributed by atoms with E-state index in [1.54, 1.807) is 7.11 Å². The van der Waals surface area contributed by atoms with Gasteiger partial charge in [0.2, 0.25) is 0 Å². The minimum atomic E-state index is -0.426. The van der Waals surface area contributed by atoms with Crippen molar-refractivity contribution in [2.45, 2.75) is 32.1 Å². The summed E-state index contributed by atoms with van der Waals surface area (Å²) in [4.78, 5) is 0. The van der Waals surface area contributed by atoms with Crippen LogP contribution in [0.4, 0.5) is 0 Å². The second-order valence-corrected chi connectivity index (χ2v) is 5.72. The second kappa shape index (κ2) is 7.57. The maximum absolute atomic E-state index is 5.98. The Balaban J connectivity index is 2.42. The monoisotopic (exact) mass is 302 g/mol. The van der Waals surface area contributed by atoms with Crippen LogP contribution in [0, 0.1) is 31.1 Å². The van der Waals surface area contributed by atoms with E-state index in [0.717, 1.165) is 17.7 Å². The molecule has 1 unspecified atom stereocenters. The molecule has 0 heterocycles. The fraction of sp³-hybridized carbons (Fsp3) is 0.273. The van der Waals surface area contributed by atoms with Gasteiger partial charge in [-0.05, 0) is 43.5 Å². The zero-order chi connectivity index (χ0) is 16.7. The van der Waals surface area contributed by atoms with Crippen LogP contribution in [-0.4, -0.2) is 7.11 Å². The van der Waals surface area contributed by atoms with E-state index in [9.17, 15) is 0 Å². The number of terminal acetylenes is 1. The van der Waals surface area contributed by atoms with E-state index in [-0.39, 0.29) is 0 Å². The molecule has 0 aliphatic heterocycles. The Morgan fingerprint density at radius 3 is 2.22 bits per heavy atom. The minimum absolute atomic E-state index is 0.426. The lowest BCUT2D eigenvalue weighted by molar-refractivity contribution is 0.414. The van der Waals surface area contributed by atoms with E-state index in [1.807, 2.05) is 31.2 Å². The van der Waals surface area contributed by atoms with Crippen molar-refractivity contribution in [3.05, 3.63) is 65.2 Å². The van der Waals surface area contributed by atoms with Crippen molar-refractivity contribution in [1.82, 2.24) is 0 Å².